The SMILES string of the molecule is CC(C)(C)c1nn(C(C)(C)C)cc1/C=C(\C#N)c1nccs1. The fraction of sp³-hybridized carbons (Fsp3) is 0.471. The molecule has 0 N–H and O–H groups in total. The van der Waals surface area contributed by atoms with Crippen molar-refractivity contribution in [3.8, 4) is 6.07 Å². The minimum atomic E-state index is -0.0971. The van der Waals surface area contributed by atoms with Crippen molar-refractivity contribution < 1.29 is 0 Å². The molecule has 116 valence electrons. The lowest BCUT2D eigenvalue weighted by atomic mass is 9.89. The third-order valence-electron chi connectivity index (χ3n) is 3.22. The molecule has 2 aromatic rings. The minimum absolute atomic E-state index is 0.0915. The summed E-state index contributed by atoms with van der Waals surface area (Å²) in [6, 6.07) is 2.25. The maximum Gasteiger partial charge on any atom is 0.133 e. The Labute approximate surface area is 136 Å². The fourth-order valence-electron chi connectivity index (χ4n) is 2.07. The third kappa shape index (κ3) is 3.45. The van der Waals surface area contributed by atoms with Gasteiger partial charge in [0, 0.05) is 28.8 Å². The zero-order chi connectivity index (χ0) is 16.5. The van der Waals surface area contributed by atoms with Crippen molar-refractivity contribution in [3.05, 3.63) is 34.0 Å². The van der Waals surface area contributed by atoms with Crippen molar-refractivity contribution in [2.45, 2.75) is 52.5 Å². The zero-order valence-corrected chi connectivity index (χ0v) is 14.8. The Hall–Kier alpha value is -1.93. The van der Waals surface area contributed by atoms with Crippen LogP contribution in [0.4, 0.5) is 0 Å². The molecule has 0 atom stereocenters. The first-order valence-electron chi connectivity index (χ1n) is 7.25. The molecular weight excluding hydrogens is 292 g/mol. The van der Waals surface area contributed by atoms with Gasteiger partial charge in [0.1, 0.15) is 11.1 Å². The van der Waals surface area contributed by atoms with Gasteiger partial charge in [-0.05, 0) is 26.8 Å². The quantitative estimate of drug-likeness (QED) is 0.769. The summed E-state index contributed by atoms with van der Waals surface area (Å²) >= 11 is 1.47. The average molecular weight is 314 g/mol. The smallest absolute Gasteiger partial charge is 0.133 e. The molecule has 0 unspecified atom stereocenters. The molecule has 0 amide bonds. The van der Waals surface area contributed by atoms with Crippen LogP contribution in [0.15, 0.2) is 17.8 Å². The first-order chi connectivity index (χ1) is 10.1. The fourth-order valence-corrected chi connectivity index (χ4v) is 2.68. The maximum absolute atomic E-state index is 9.44. The number of allylic oxidation sites excluding steroid dienone is 1. The van der Waals surface area contributed by atoms with Gasteiger partial charge in [-0.25, -0.2) is 4.98 Å². The molecule has 0 aliphatic heterocycles. The van der Waals surface area contributed by atoms with Gasteiger partial charge in [-0.3, -0.25) is 4.68 Å². The summed E-state index contributed by atoms with van der Waals surface area (Å²) in [5.41, 5.74) is 2.36. The molecule has 0 radical (unpaired) electrons. The monoisotopic (exact) mass is 314 g/mol. The molecule has 22 heavy (non-hydrogen) atoms. The molecule has 0 spiro atoms. The molecule has 2 rings (SSSR count). The highest BCUT2D eigenvalue weighted by atomic mass is 32.1. The van der Waals surface area contributed by atoms with Gasteiger partial charge in [0.05, 0.1) is 16.8 Å². The van der Waals surface area contributed by atoms with Crippen LogP contribution in [0.3, 0.4) is 0 Å². The van der Waals surface area contributed by atoms with Gasteiger partial charge < -0.3 is 0 Å². The first-order valence-corrected chi connectivity index (χ1v) is 8.13. The number of nitriles is 1. The topological polar surface area (TPSA) is 54.5 Å². The number of aromatic nitrogens is 3. The van der Waals surface area contributed by atoms with Crippen molar-refractivity contribution in [1.29, 1.82) is 5.26 Å². The number of thiazole rings is 1. The summed E-state index contributed by atoms with van der Waals surface area (Å²) < 4.78 is 1.97. The number of hydrogen-bond acceptors (Lipinski definition) is 4. The Balaban J connectivity index is 2.59. The minimum Gasteiger partial charge on any atom is -0.267 e. The predicted molar refractivity (Wildman–Crippen MR) is 91.5 cm³/mol. The summed E-state index contributed by atoms with van der Waals surface area (Å²) in [6.07, 6.45) is 5.63. The molecule has 0 fully saturated rings. The van der Waals surface area contributed by atoms with Crippen LogP contribution < -0.4 is 0 Å². The zero-order valence-electron chi connectivity index (χ0n) is 14.0. The van der Waals surface area contributed by atoms with Crippen LogP contribution in [0.25, 0.3) is 11.6 Å². The van der Waals surface area contributed by atoms with Crippen LogP contribution in [-0.2, 0) is 11.0 Å². The van der Waals surface area contributed by atoms with E-state index in [-0.39, 0.29) is 11.0 Å². The van der Waals surface area contributed by atoms with E-state index in [0.717, 1.165) is 16.3 Å². The van der Waals surface area contributed by atoms with Gasteiger partial charge >= 0.3 is 0 Å². The Kier molecular flexibility index (Phi) is 4.25. The second-order valence-electron chi connectivity index (χ2n) is 7.31. The van der Waals surface area contributed by atoms with Crippen LogP contribution in [0, 0.1) is 11.3 Å². The molecule has 2 heterocycles. The van der Waals surface area contributed by atoms with E-state index in [1.54, 1.807) is 6.20 Å². The van der Waals surface area contributed by atoms with E-state index in [0.29, 0.717) is 5.57 Å². The van der Waals surface area contributed by atoms with Crippen LogP contribution in [0.1, 0.15) is 57.8 Å². The van der Waals surface area contributed by atoms with Crippen LogP contribution in [0.5, 0.6) is 0 Å². The van der Waals surface area contributed by atoms with Crippen molar-refractivity contribution in [3.63, 3.8) is 0 Å². The van der Waals surface area contributed by atoms with E-state index in [1.165, 1.54) is 11.3 Å². The summed E-state index contributed by atoms with van der Waals surface area (Å²) in [4.78, 5) is 4.23. The highest BCUT2D eigenvalue weighted by molar-refractivity contribution is 7.10. The van der Waals surface area contributed by atoms with Gasteiger partial charge in [-0.15, -0.1) is 11.3 Å². The lowest BCUT2D eigenvalue weighted by molar-refractivity contribution is 0.348. The van der Waals surface area contributed by atoms with Crippen LogP contribution in [0.2, 0.25) is 0 Å². The number of nitrogens with zero attached hydrogens (tertiary/aromatic N) is 4. The van der Waals surface area contributed by atoms with E-state index in [4.69, 9.17) is 5.10 Å². The van der Waals surface area contributed by atoms with E-state index >= 15 is 0 Å². The molecular formula is C17H22N4S. The van der Waals surface area contributed by atoms with Gasteiger partial charge in [0.25, 0.3) is 0 Å². The Morgan fingerprint density at radius 3 is 2.41 bits per heavy atom. The molecule has 5 heteroatoms. The van der Waals surface area contributed by atoms with Crippen molar-refractivity contribution >= 4 is 23.0 Å². The third-order valence-corrected chi connectivity index (χ3v) is 4.03. The molecule has 0 aliphatic rings. The van der Waals surface area contributed by atoms with E-state index in [1.807, 2.05) is 22.3 Å². The van der Waals surface area contributed by atoms with Gasteiger partial charge in [-0.1, -0.05) is 20.8 Å². The first kappa shape index (κ1) is 16.4. The lowest BCUT2D eigenvalue weighted by Crippen LogP contribution is -2.23. The Morgan fingerprint density at radius 1 is 1.27 bits per heavy atom. The van der Waals surface area contributed by atoms with Crippen molar-refractivity contribution in [2.24, 2.45) is 0 Å². The number of rotatable bonds is 2. The van der Waals surface area contributed by atoms with E-state index in [9.17, 15) is 5.26 Å². The predicted octanol–water partition coefficient (Wildman–Crippen LogP) is 4.46. The van der Waals surface area contributed by atoms with E-state index in [2.05, 4.69) is 52.6 Å². The largest absolute Gasteiger partial charge is 0.267 e. The average Bonchev–Trinajstić information content (AvgIpc) is 3.03. The van der Waals surface area contributed by atoms with Crippen LogP contribution in [-0.4, -0.2) is 14.8 Å². The molecule has 0 saturated heterocycles. The molecule has 0 bridgehead atoms. The molecule has 0 saturated carbocycles. The lowest BCUT2D eigenvalue weighted by Gasteiger charge is -2.20. The van der Waals surface area contributed by atoms with Crippen LogP contribution >= 0.6 is 11.3 Å². The highest BCUT2D eigenvalue weighted by Crippen LogP contribution is 2.30. The second-order valence-corrected chi connectivity index (χ2v) is 8.20. The normalized spacial score (nSPS) is 13.2. The summed E-state index contributed by atoms with van der Waals surface area (Å²) in [5, 5.41) is 16.8. The summed E-state index contributed by atoms with van der Waals surface area (Å²) in [6.45, 7) is 12.8. The molecule has 0 aliphatic carbocycles. The highest BCUT2D eigenvalue weighted by Gasteiger charge is 2.25. The number of hydrogen-bond donors (Lipinski definition) is 0. The maximum atomic E-state index is 9.44. The Bertz CT molecular complexity index is 716. The van der Waals surface area contributed by atoms with Gasteiger partial charge in [0.2, 0.25) is 0 Å². The van der Waals surface area contributed by atoms with Crippen molar-refractivity contribution in [1.82, 2.24) is 14.8 Å². The van der Waals surface area contributed by atoms with Gasteiger partial charge in [-0.2, -0.15) is 10.4 Å². The standard InChI is InChI=1S/C17H22N4S/c1-16(2,3)14-13(11-21(20-14)17(4,5)6)9-12(10-18)15-19-7-8-22-15/h7-9,11H,1-6H3/b12-9+. The summed E-state index contributed by atoms with van der Waals surface area (Å²) in [5.74, 6) is 0. The molecule has 0 aromatic carbocycles. The second kappa shape index (κ2) is 5.69. The summed E-state index contributed by atoms with van der Waals surface area (Å²) in [7, 11) is 0. The van der Waals surface area contributed by atoms with E-state index < -0.39 is 0 Å². The molecule has 4 nitrogen and oxygen atoms in total. The molecule has 2 aromatic heterocycles. The Morgan fingerprint density at radius 2 is 1.95 bits per heavy atom. The van der Waals surface area contributed by atoms with Crippen molar-refractivity contribution in [2.75, 3.05) is 0 Å². The van der Waals surface area contributed by atoms with Gasteiger partial charge in [0.15, 0.2) is 0 Å².